The van der Waals surface area contributed by atoms with E-state index in [1.54, 1.807) is 0 Å². The molecule has 0 bridgehead atoms. The van der Waals surface area contributed by atoms with E-state index in [1.165, 1.54) is 0 Å². The van der Waals surface area contributed by atoms with Crippen LogP contribution < -0.4 is 5.32 Å². The van der Waals surface area contributed by atoms with Crippen LogP contribution in [0, 0.1) is 5.41 Å². The van der Waals surface area contributed by atoms with Gasteiger partial charge in [0.1, 0.15) is 0 Å². The summed E-state index contributed by atoms with van der Waals surface area (Å²) in [6.07, 6.45) is 1.47. The van der Waals surface area contributed by atoms with E-state index in [-0.39, 0.29) is 12.0 Å². The minimum absolute atomic E-state index is 0.0451. The summed E-state index contributed by atoms with van der Waals surface area (Å²) in [5, 5.41) is 22.5. The number of piperidine rings is 1. The van der Waals surface area contributed by atoms with Gasteiger partial charge in [-0.15, -0.1) is 0 Å². The first-order valence-electron chi connectivity index (χ1n) is 4.56. The third-order valence-electron chi connectivity index (χ3n) is 3.09. The molecule has 1 fully saturated rings. The van der Waals surface area contributed by atoms with Gasteiger partial charge in [0.05, 0.1) is 12.2 Å². The number of aliphatic hydroxyl groups excluding tert-OH is 1. The van der Waals surface area contributed by atoms with Crippen molar-refractivity contribution in [3.05, 3.63) is 0 Å². The average Bonchev–Trinajstić information content (AvgIpc) is 2.06. The first kappa shape index (κ1) is 9.96. The molecule has 1 heterocycles. The predicted molar refractivity (Wildman–Crippen MR) is 47.9 cm³/mol. The Bertz CT molecular complexity index is 151. The first-order chi connectivity index (χ1) is 5.52. The fourth-order valence-electron chi connectivity index (χ4n) is 1.66. The van der Waals surface area contributed by atoms with Crippen molar-refractivity contribution in [3.8, 4) is 0 Å². The lowest BCUT2D eigenvalue weighted by Crippen LogP contribution is -2.53. The van der Waals surface area contributed by atoms with Crippen molar-refractivity contribution in [2.24, 2.45) is 5.41 Å². The van der Waals surface area contributed by atoms with Crippen LogP contribution in [0.5, 0.6) is 0 Å². The number of aliphatic hydroxyl groups is 2. The van der Waals surface area contributed by atoms with E-state index in [0.717, 1.165) is 25.9 Å². The number of rotatable bonds is 2. The van der Waals surface area contributed by atoms with E-state index in [2.05, 4.69) is 5.32 Å². The Morgan fingerprint density at radius 3 is 2.25 bits per heavy atom. The SMILES string of the molecule is CC(C)(CO)C1(O)CCNCC1. The normalized spacial score (nSPS) is 24.0. The summed E-state index contributed by atoms with van der Waals surface area (Å²) in [4.78, 5) is 0. The van der Waals surface area contributed by atoms with Crippen molar-refractivity contribution >= 4 is 0 Å². The molecule has 0 amide bonds. The molecule has 0 spiro atoms. The Labute approximate surface area is 73.8 Å². The molecule has 0 aliphatic carbocycles. The predicted octanol–water partition coefficient (Wildman–Crippen LogP) is 0.119. The molecule has 1 aliphatic heterocycles. The molecule has 0 aromatic heterocycles. The molecular weight excluding hydrogens is 154 g/mol. The van der Waals surface area contributed by atoms with E-state index in [0.29, 0.717) is 0 Å². The van der Waals surface area contributed by atoms with E-state index < -0.39 is 5.60 Å². The van der Waals surface area contributed by atoms with Gasteiger partial charge in [0.2, 0.25) is 0 Å². The molecule has 0 saturated carbocycles. The standard InChI is InChI=1S/C9H19NO2/c1-8(2,7-11)9(12)3-5-10-6-4-9/h10-12H,3-7H2,1-2H3. The minimum atomic E-state index is -0.687. The fraction of sp³-hybridized carbons (Fsp3) is 1.00. The molecule has 3 nitrogen and oxygen atoms in total. The summed E-state index contributed by atoms with van der Waals surface area (Å²) in [7, 11) is 0. The highest BCUT2D eigenvalue weighted by molar-refractivity contribution is 4.95. The highest BCUT2D eigenvalue weighted by Gasteiger charge is 2.43. The third kappa shape index (κ3) is 1.63. The zero-order valence-corrected chi connectivity index (χ0v) is 7.93. The smallest absolute Gasteiger partial charge is 0.0744 e. The summed E-state index contributed by atoms with van der Waals surface area (Å²) in [6.45, 7) is 5.57. The lowest BCUT2D eigenvalue weighted by atomic mass is 9.70. The van der Waals surface area contributed by atoms with Crippen LogP contribution in [0.1, 0.15) is 26.7 Å². The van der Waals surface area contributed by atoms with Crippen LogP contribution in [0.2, 0.25) is 0 Å². The fourth-order valence-corrected chi connectivity index (χ4v) is 1.66. The largest absolute Gasteiger partial charge is 0.396 e. The van der Waals surface area contributed by atoms with E-state index in [1.807, 2.05) is 13.8 Å². The van der Waals surface area contributed by atoms with E-state index in [9.17, 15) is 5.11 Å². The van der Waals surface area contributed by atoms with Crippen LogP contribution in [0.4, 0.5) is 0 Å². The second-order valence-corrected chi connectivity index (χ2v) is 4.32. The lowest BCUT2D eigenvalue weighted by molar-refractivity contribution is -0.108. The number of hydrogen-bond donors (Lipinski definition) is 3. The Morgan fingerprint density at radius 2 is 1.83 bits per heavy atom. The topological polar surface area (TPSA) is 52.5 Å². The van der Waals surface area contributed by atoms with E-state index >= 15 is 0 Å². The summed E-state index contributed by atoms with van der Waals surface area (Å²) in [6, 6.07) is 0. The molecule has 0 unspecified atom stereocenters. The molecule has 3 N–H and O–H groups in total. The van der Waals surface area contributed by atoms with Gasteiger partial charge >= 0.3 is 0 Å². The summed E-state index contributed by atoms with van der Waals surface area (Å²) < 4.78 is 0. The van der Waals surface area contributed by atoms with Crippen LogP contribution in [-0.2, 0) is 0 Å². The van der Waals surface area contributed by atoms with Crippen molar-refractivity contribution < 1.29 is 10.2 Å². The van der Waals surface area contributed by atoms with Crippen LogP contribution in [0.25, 0.3) is 0 Å². The second kappa shape index (κ2) is 3.32. The summed E-state index contributed by atoms with van der Waals surface area (Å²) in [5.41, 5.74) is -1.07. The molecule has 3 heteroatoms. The average molecular weight is 173 g/mol. The van der Waals surface area contributed by atoms with Gasteiger partial charge in [-0.05, 0) is 25.9 Å². The Balaban J connectivity index is 2.68. The van der Waals surface area contributed by atoms with Crippen LogP contribution in [-0.4, -0.2) is 35.5 Å². The monoisotopic (exact) mass is 173 g/mol. The Hall–Kier alpha value is -0.120. The van der Waals surface area contributed by atoms with Crippen molar-refractivity contribution in [3.63, 3.8) is 0 Å². The van der Waals surface area contributed by atoms with Crippen molar-refractivity contribution in [2.75, 3.05) is 19.7 Å². The van der Waals surface area contributed by atoms with Gasteiger partial charge in [-0.2, -0.15) is 0 Å². The maximum absolute atomic E-state index is 10.2. The van der Waals surface area contributed by atoms with Gasteiger partial charge in [-0.25, -0.2) is 0 Å². The zero-order valence-electron chi connectivity index (χ0n) is 7.93. The Kier molecular flexibility index (Phi) is 2.76. The molecule has 72 valence electrons. The summed E-state index contributed by atoms with van der Waals surface area (Å²) in [5.74, 6) is 0. The van der Waals surface area contributed by atoms with Gasteiger partial charge in [0.15, 0.2) is 0 Å². The van der Waals surface area contributed by atoms with Gasteiger partial charge < -0.3 is 15.5 Å². The third-order valence-corrected chi connectivity index (χ3v) is 3.09. The molecule has 12 heavy (non-hydrogen) atoms. The highest BCUT2D eigenvalue weighted by Crippen LogP contribution is 2.36. The lowest BCUT2D eigenvalue weighted by Gasteiger charge is -2.44. The molecule has 1 aliphatic rings. The minimum Gasteiger partial charge on any atom is -0.396 e. The van der Waals surface area contributed by atoms with Gasteiger partial charge in [0.25, 0.3) is 0 Å². The first-order valence-corrected chi connectivity index (χ1v) is 4.56. The molecule has 0 atom stereocenters. The van der Waals surface area contributed by atoms with Crippen LogP contribution in [0.15, 0.2) is 0 Å². The highest BCUT2D eigenvalue weighted by atomic mass is 16.3. The maximum atomic E-state index is 10.2. The number of nitrogens with one attached hydrogen (secondary N) is 1. The molecule has 0 radical (unpaired) electrons. The molecule has 1 rings (SSSR count). The quantitative estimate of drug-likeness (QED) is 0.556. The van der Waals surface area contributed by atoms with Gasteiger partial charge in [0, 0.05) is 5.41 Å². The van der Waals surface area contributed by atoms with E-state index in [4.69, 9.17) is 5.11 Å². The zero-order chi connectivity index (χ0) is 9.24. The van der Waals surface area contributed by atoms with Crippen molar-refractivity contribution in [2.45, 2.75) is 32.3 Å². The summed E-state index contributed by atoms with van der Waals surface area (Å²) >= 11 is 0. The van der Waals surface area contributed by atoms with Crippen molar-refractivity contribution in [1.82, 2.24) is 5.32 Å². The second-order valence-electron chi connectivity index (χ2n) is 4.32. The van der Waals surface area contributed by atoms with Gasteiger partial charge in [-0.3, -0.25) is 0 Å². The van der Waals surface area contributed by atoms with Crippen molar-refractivity contribution in [1.29, 1.82) is 0 Å². The molecular formula is C9H19NO2. The van der Waals surface area contributed by atoms with Crippen LogP contribution >= 0.6 is 0 Å². The van der Waals surface area contributed by atoms with Crippen LogP contribution in [0.3, 0.4) is 0 Å². The molecule has 0 aromatic rings. The maximum Gasteiger partial charge on any atom is 0.0744 e. The molecule has 1 saturated heterocycles. The molecule has 0 aromatic carbocycles. The Morgan fingerprint density at radius 1 is 1.33 bits per heavy atom. The van der Waals surface area contributed by atoms with Gasteiger partial charge in [-0.1, -0.05) is 13.8 Å². The number of hydrogen-bond acceptors (Lipinski definition) is 3.